The summed E-state index contributed by atoms with van der Waals surface area (Å²) in [6.45, 7) is 1.27. The number of ether oxygens (including phenoxy) is 1. The average Bonchev–Trinajstić information content (AvgIpc) is 3.08. The summed E-state index contributed by atoms with van der Waals surface area (Å²) in [4.78, 5) is 19.0. The third-order valence-electron chi connectivity index (χ3n) is 3.59. The fourth-order valence-corrected chi connectivity index (χ4v) is 3.43. The summed E-state index contributed by atoms with van der Waals surface area (Å²) in [7, 11) is 1.58. The van der Waals surface area contributed by atoms with E-state index >= 15 is 0 Å². The zero-order chi connectivity index (χ0) is 16.1. The lowest BCUT2D eigenvalue weighted by molar-refractivity contribution is 0.0857. The molecule has 2 aromatic carbocycles. The molecule has 0 saturated carbocycles. The largest absolute Gasteiger partial charge is 0.496 e. The number of thioether (sulfide) groups is 1. The molecule has 0 saturated heterocycles. The van der Waals surface area contributed by atoms with Crippen LogP contribution in [0, 0.1) is 0 Å². The number of amidine groups is 1. The maximum atomic E-state index is 12.8. The number of aliphatic imine (C=N–C) groups is 1. The Bertz CT molecular complexity index is 716. The van der Waals surface area contributed by atoms with Crippen LogP contribution in [-0.2, 0) is 5.75 Å². The van der Waals surface area contributed by atoms with Crippen molar-refractivity contribution in [3.8, 4) is 5.75 Å². The Labute approximate surface area is 140 Å². The standard InChI is InChI=1S/C18H18N2O2S/c1-22-16-10-6-5-9-15(16)17(21)20-12-11-19-18(20)23-13-14-7-3-2-4-8-14/h2-10H,11-13H2,1H3. The number of hydrogen-bond acceptors (Lipinski definition) is 4. The van der Waals surface area contributed by atoms with Gasteiger partial charge in [0.2, 0.25) is 0 Å². The van der Waals surface area contributed by atoms with Gasteiger partial charge in [0.25, 0.3) is 5.91 Å². The third kappa shape index (κ3) is 3.56. The van der Waals surface area contributed by atoms with Crippen LogP contribution in [0.25, 0.3) is 0 Å². The molecule has 0 N–H and O–H groups in total. The Balaban J connectivity index is 1.72. The van der Waals surface area contributed by atoms with Crippen LogP contribution in [0.1, 0.15) is 15.9 Å². The van der Waals surface area contributed by atoms with E-state index in [9.17, 15) is 4.79 Å². The normalized spacial score (nSPS) is 13.8. The monoisotopic (exact) mass is 326 g/mol. The van der Waals surface area contributed by atoms with Crippen molar-refractivity contribution < 1.29 is 9.53 Å². The molecular weight excluding hydrogens is 308 g/mol. The van der Waals surface area contributed by atoms with Crippen LogP contribution in [0.15, 0.2) is 59.6 Å². The van der Waals surface area contributed by atoms with Crippen LogP contribution in [0.5, 0.6) is 5.75 Å². The Morgan fingerprint density at radius 3 is 2.70 bits per heavy atom. The molecule has 4 nitrogen and oxygen atoms in total. The Morgan fingerprint density at radius 1 is 1.17 bits per heavy atom. The first-order valence-electron chi connectivity index (χ1n) is 7.45. The van der Waals surface area contributed by atoms with Crippen molar-refractivity contribution in [3.05, 3.63) is 65.7 Å². The van der Waals surface area contributed by atoms with Crippen LogP contribution in [0.3, 0.4) is 0 Å². The number of amides is 1. The van der Waals surface area contributed by atoms with E-state index in [4.69, 9.17) is 4.74 Å². The maximum Gasteiger partial charge on any atom is 0.263 e. The molecule has 2 aromatic rings. The van der Waals surface area contributed by atoms with Crippen molar-refractivity contribution in [2.24, 2.45) is 4.99 Å². The van der Waals surface area contributed by atoms with Gasteiger partial charge in [0.05, 0.1) is 19.2 Å². The van der Waals surface area contributed by atoms with Gasteiger partial charge in [0.1, 0.15) is 5.75 Å². The fourth-order valence-electron chi connectivity index (χ4n) is 2.43. The van der Waals surface area contributed by atoms with Crippen LogP contribution < -0.4 is 4.74 Å². The van der Waals surface area contributed by atoms with Crippen molar-refractivity contribution in [3.63, 3.8) is 0 Å². The summed E-state index contributed by atoms with van der Waals surface area (Å²) in [6, 6.07) is 17.5. The van der Waals surface area contributed by atoms with Gasteiger partial charge in [0.15, 0.2) is 5.17 Å². The van der Waals surface area contributed by atoms with E-state index in [2.05, 4.69) is 17.1 Å². The van der Waals surface area contributed by atoms with Gasteiger partial charge >= 0.3 is 0 Å². The van der Waals surface area contributed by atoms with Gasteiger partial charge < -0.3 is 4.74 Å². The SMILES string of the molecule is COc1ccccc1C(=O)N1CCN=C1SCc1ccccc1. The molecule has 3 rings (SSSR count). The van der Waals surface area contributed by atoms with Crippen LogP contribution in [0.4, 0.5) is 0 Å². The van der Waals surface area contributed by atoms with E-state index in [0.29, 0.717) is 24.4 Å². The molecular formula is C18H18N2O2S. The van der Waals surface area contributed by atoms with Crippen molar-refractivity contribution in [2.45, 2.75) is 5.75 Å². The Morgan fingerprint density at radius 2 is 1.91 bits per heavy atom. The van der Waals surface area contributed by atoms with Gasteiger partial charge in [0, 0.05) is 12.3 Å². The first-order chi connectivity index (χ1) is 11.3. The summed E-state index contributed by atoms with van der Waals surface area (Å²) >= 11 is 1.60. The lowest BCUT2D eigenvalue weighted by Crippen LogP contribution is -2.33. The third-order valence-corrected chi connectivity index (χ3v) is 4.68. The van der Waals surface area contributed by atoms with Crippen molar-refractivity contribution >= 4 is 22.8 Å². The van der Waals surface area contributed by atoms with Crippen molar-refractivity contribution in [1.29, 1.82) is 0 Å². The van der Waals surface area contributed by atoms with Gasteiger partial charge in [-0.1, -0.05) is 54.2 Å². The zero-order valence-electron chi connectivity index (χ0n) is 12.9. The average molecular weight is 326 g/mol. The highest BCUT2D eigenvalue weighted by atomic mass is 32.2. The zero-order valence-corrected chi connectivity index (χ0v) is 13.8. The van der Waals surface area contributed by atoms with Gasteiger partial charge in [-0.3, -0.25) is 14.7 Å². The summed E-state index contributed by atoms with van der Waals surface area (Å²) in [6.07, 6.45) is 0. The second-order valence-electron chi connectivity index (χ2n) is 5.10. The lowest BCUT2D eigenvalue weighted by Gasteiger charge is -2.19. The summed E-state index contributed by atoms with van der Waals surface area (Å²) in [5, 5.41) is 0.782. The predicted octanol–water partition coefficient (Wildman–Crippen LogP) is 3.44. The highest BCUT2D eigenvalue weighted by Crippen LogP contribution is 2.24. The molecule has 1 aliphatic heterocycles. The number of hydrogen-bond donors (Lipinski definition) is 0. The van der Waals surface area contributed by atoms with E-state index in [0.717, 1.165) is 10.9 Å². The first kappa shape index (κ1) is 15.6. The fraction of sp³-hybridized carbons (Fsp3) is 0.222. The highest BCUT2D eigenvalue weighted by Gasteiger charge is 2.26. The van der Waals surface area contributed by atoms with Gasteiger partial charge in [-0.15, -0.1) is 0 Å². The second kappa shape index (κ2) is 7.33. The van der Waals surface area contributed by atoms with Gasteiger partial charge in [-0.2, -0.15) is 0 Å². The molecule has 118 valence electrons. The van der Waals surface area contributed by atoms with E-state index < -0.39 is 0 Å². The molecule has 5 heteroatoms. The minimum atomic E-state index is -0.0562. The number of methoxy groups -OCH3 is 1. The molecule has 23 heavy (non-hydrogen) atoms. The molecule has 0 atom stereocenters. The van der Waals surface area contributed by atoms with Gasteiger partial charge in [-0.05, 0) is 17.7 Å². The topological polar surface area (TPSA) is 41.9 Å². The highest BCUT2D eigenvalue weighted by molar-refractivity contribution is 8.13. The maximum absolute atomic E-state index is 12.8. The molecule has 0 bridgehead atoms. The number of nitrogens with zero attached hydrogens (tertiary/aromatic N) is 2. The first-order valence-corrected chi connectivity index (χ1v) is 8.44. The summed E-state index contributed by atoms with van der Waals surface area (Å²) < 4.78 is 5.30. The molecule has 0 spiro atoms. The number of para-hydroxylation sites is 1. The molecule has 0 aliphatic carbocycles. The van der Waals surface area contributed by atoms with Gasteiger partial charge in [-0.25, -0.2) is 0 Å². The van der Waals surface area contributed by atoms with E-state index in [1.165, 1.54) is 5.56 Å². The molecule has 1 amide bonds. The van der Waals surface area contributed by atoms with E-state index in [1.54, 1.807) is 35.9 Å². The van der Waals surface area contributed by atoms with Crippen molar-refractivity contribution in [1.82, 2.24) is 4.90 Å². The molecule has 1 heterocycles. The molecule has 0 fully saturated rings. The van der Waals surface area contributed by atoms with Crippen LogP contribution >= 0.6 is 11.8 Å². The number of carbonyl (C=O) groups is 1. The number of carbonyl (C=O) groups excluding carboxylic acids is 1. The van der Waals surface area contributed by atoms with Crippen molar-refractivity contribution in [2.75, 3.05) is 20.2 Å². The van der Waals surface area contributed by atoms with Crippen LogP contribution in [0.2, 0.25) is 0 Å². The number of benzene rings is 2. The molecule has 1 aliphatic rings. The quantitative estimate of drug-likeness (QED) is 0.864. The van der Waals surface area contributed by atoms with E-state index in [-0.39, 0.29) is 5.91 Å². The second-order valence-corrected chi connectivity index (χ2v) is 6.04. The Hall–Kier alpha value is -2.27. The minimum Gasteiger partial charge on any atom is -0.496 e. The summed E-state index contributed by atoms with van der Waals surface area (Å²) in [5.74, 6) is 1.34. The van der Waals surface area contributed by atoms with Crippen LogP contribution in [-0.4, -0.2) is 36.2 Å². The number of rotatable bonds is 4. The van der Waals surface area contributed by atoms with E-state index in [1.807, 2.05) is 30.3 Å². The Kier molecular flexibility index (Phi) is 4.98. The molecule has 0 aromatic heterocycles. The predicted molar refractivity (Wildman–Crippen MR) is 94.1 cm³/mol. The molecule has 0 unspecified atom stereocenters. The summed E-state index contributed by atoms with van der Waals surface area (Å²) in [5.41, 5.74) is 1.79. The smallest absolute Gasteiger partial charge is 0.263 e. The lowest BCUT2D eigenvalue weighted by atomic mass is 10.2. The molecule has 0 radical (unpaired) electrons. The minimum absolute atomic E-state index is 0.0562.